The van der Waals surface area contributed by atoms with Crippen molar-refractivity contribution in [3.05, 3.63) is 36.5 Å². The summed E-state index contributed by atoms with van der Waals surface area (Å²) in [5.74, 6) is -0.165. The van der Waals surface area contributed by atoms with Gasteiger partial charge in [0.1, 0.15) is 0 Å². The molecule has 0 saturated carbocycles. The molecule has 2 aromatic rings. The van der Waals surface area contributed by atoms with E-state index in [1.54, 1.807) is 6.20 Å². The summed E-state index contributed by atoms with van der Waals surface area (Å²) in [6.45, 7) is 0.173. The smallest absolute Gasteiger partial charge is 0.234 e. The summed E-state index contributed by atoms with van der Waals surface area (Å²) < 4.78 is 0. The van der Waals surface area contributed by atoms with Crippen LogP contribution >= 0.6 is 0 Å². The minimum absolute atomic E-state index is 0.0106. The van der Waals surface area contributed by atoms with Crippen molar-refractivity contribution >= 4 is 28.3 Å². The van der Waals surface area contributed by atoms with Crippen LogP contribution in [0.4, 0.5) is 5.69 Å². The first kappa shape index (κ1) is 9.96. The number of carbonyl (C=O) groups is 2. The molecule has 1 aliphatic rings. The van der Waals surface area contributed by atoms with E-state index in [0.29, 0.717) is 0 Å². The number of ketones is 1. The van der Waals surface area contributed by atoms with E-state index >= 15 is 0 Å². The molecule has 0 bridgehead atoms. The van der Waals surface area contributed by atoms with Gasteiger partial charge < -0.3 is 4.90 Å². The molecule has 1 aromatic carbocycles. The third kappa shape index (κ3) is 1.58. The van der Waals surface area contributed by atoms with Crippen molar-refractivity contribution in [1.29, 1.82) is 0 Å². The lowest BCUT2D eigenvalue weighted by molar-refractivity contribution is -0.121. The van der Waals surface area contributed by atoms with E-state index in [-0.39, 0.29) is 24.7 Å². The summed E-state index contributed by atoms with van der Waals surface area (Å²) in [6.07, 6.45) is 1.72. The van der Waals surface area contributed by atoms with E-state index in [1.807, 2.05) is 30.3 Å². The molecule has 0 radical (unpaired) electrons. The standard InChI is InChI=1S/C13H10N2O2/c16-9-7-13(17)15(8-9)12-5-1-4-11-10(12)3-2-6-14-11/h1-6H,7-8H2. The normalized spacial score (nSPS) is 15.9. The first-order valence-corrected chi connectivity index (χ1v) is 5.41. The largest absolute Gasteiger partial charge is 0.304 e. The van der Waals surface area contributed by atoms with E-state index in [9.17, 15) is 9.59 Å². The van der Waals surface area contributed by atoms with E-state index < -0.39 is 0 Å². The Bertz CT molecular complexity index is 616. The highest BCUT2D eigenvalue weighted by molar-refractivity contribution is 6.17. The fraction of sp³-hybridized carbons (Fsp3) is 0.154. The lowest BCUT2D eigenvalue weighted by Crippen LogP contribution is -2.24. The monoisotopic (exact) mass is 226 g/mol. The van der Waals surface area contributed by atoms with Gasteiger partial charge in [0.2, 0.25) is 5.91 Å². The summed E-state index contributed by atoms with van der Waals surface area (Å²) >= 11 is 0. The zero-order valence-electron chi connectivity index (χ0n) is 9.09. The second-order valence-electron chi connectivity index (χ2n) is 4.04. The molecule has 0 spiro atoms. The summed E-state index contributed by atoms with van der Waals surface area (Å²) in [5, 5.41) is 0.901. The number of aromatic nitrogens is 1. The molecule has 1 aliphatic heterocycles. The molecular weight excluding hydrogens is 216 g/mol. The molecule has 4 heteroatoms. The van der Waals surface area contributed by atoms with E-state index in [1.165, 1.54) is 4.90 Å². The van der Waals surface area contributed by atoms with Gasteiger partial charge in [0.25, 0.3) is 0 Å². The fourth-order valence-electron chi connectivity index (χ4n) is 2.13. The van der Waals surface area contributed by atoms with Crippen molar-refractivity contribution in [3.8, 4) is 0 Å². The zero-order chi connectivity index (χ0) is 11.8. The van der Waals surface area contributed by atoms with E-state index in [2.05, 4.69) is 4.98 Å². The molecule has 1 fully saturated rings. The van der Waals surface area contributed by atoms with Crippen LogP contribution in [0.1, 0.15) is 6.42 Å². The van der Waals surface area contributed by atoms with Gasteiger partial charge in [-0.25, -0.2) is 0 Å². The predicted octanol–water partition coefficient (Wildman–Crippen LogP) is 1.54. The number of Topliss-reactive ketones (excluding diaryl/α,β-unsaturated/α-hetero) is 1. The molecule has 1 amide bonds. The summed E-state index contributed by atoms with van der Waals surface area (Å²) in [5.41, 5.74) is 1.60. The van der Waals surface area contributed by atoms with Gasteiger partial charge in [-0.2, -0.15) is 0 Å². The van der Waals surface area contributed by atoms with E-state index in [4.69, 9.17) is 0 Å². The maximum absolute atomic E-state index is 11.7. The van der Waals surface area contributed by atoms with Crippen molar-refractivity contribution in [2.24, 2.45) is 0 Å². The number of hydrogen-bond acceptors (Lipinski definition) is 3. The Kier molecular flexibility index (Phi) is 2.14. The fourth-order valence-corrected chi connectivity index (χ4v) is 2.13. The number of anilines is 1. The summed E-state index contributed by atoms with van der Waals surface area (Å²) in [7, 11) is 0. The molecule has 1 aromatic heterocycles. The van der Waals surface area contributed by atoms with Crippen LogP contribution in [0.25, 0.3) is 10.9 Å². The Balaban J connectivity index is 2.17. The molecule has 84 valence electrons. The van der Waals surface area contributed by atoms with Crippen LogP contribution < -0.4 is 4.90 Å². The maximum atomic E-state index is 11.7. The first-order valence-electron chi connectivity index (χ1n) is 5.41. The van der Waals surface area contributed by atoms with Gasteiger partial charge in [0, 0.05) is 11.6 Å². The number of rotatable bonds is 1. The highest BCUT2D eigenvalue weighted by Gasteiger charge is 2.29. The van der Waals surface area contributed by atoms with Crippen LogP contribution in [0.2, 0.25) is 0 Å². The van der Waals surface area contributed by atoms with Gasteiger partial charge in [0.05, 0.1) is 24.2 Å². The molecule has 2 heterocycles. The number of hydrogen-bond donors (Lipinski definition) is 0. The molecule has 0 N–H and O–H groups in total. The second-order valence-corrected chi connectivity index (χ2v) is 4.04. The minimum atomic E-state index is -0.133. The van der Waals surface area contributed by atoms with Crippen molar-refractivity contribution < 1.29 is 9.59 Å². The molecule has 0 aliphatic carbocycles. The topological polar surface area (TPSA) is 50.3 Å². The first-order chi connectivity index (χ1) is 8.25. The molecule has 0 unspecified atom stereocenters. The van der Waals surface area contributed by atoms with Gasteiger partial charge in [0.15, 0.2) is 5.78 Å². The van der Waals surface area contributed by atoms with Crippen molar-refractivity contribution in [2.75, 3.05) is 11.4 Å². The van der Waals surface area contributed by atoms with Crippen LogP contribution in [0.15, 0.2) is 36.5 Å². The third-order valence-electron chi connectivity index (χ3n) is 2.90. The SMILES string of the molecule is O=C1CC(=O)N(c2cccc3ncccc23)C1. The Morgan fingerprint density at radius 2 is 2.00 bits per heavy atom. The van der Waals surface area contributed by atoms with Gasteiger partial charge in [-0.05, 0) is 24.3 Å². The lowest BCUT2D eigenvalue weighted by Gasteiger charge is -2.16. The van der Waals surface area contributed by atoms with Crippen LogP contribution in [-0.2, 0) is 9.59 Å². The minimum Gasteiger partial charge on any atom is -0.304 e. The average molecular weight is 226 g/mol. The molecule has 17 heavy (non-hydrogen) atoms. The molecule has 4 nitrogen and oxygen atoms in total. The van der Waals surface area contributed by atoms with Crippen molar-refractivity contribution in [3.63, 3.8) is 0 Å². The maximum Gasteiger partial charge on any atom is 0.234 e. The second kappa shape index (κ2) is 3.66. The van der Waals surface area contributed by atoms with Gasteiger partial charge >= 0.3 is 0 Å². The van der Waals surface area contributed by atoms with Gasteiger partial charge in [-0.3, -0.25) is 14.6 Å². The number of amides is 1. The van der Waals surface area contributed by atoms with Crippen LogP contribution in [0.3, 0.4) is 0 Å². The van der Waals surface area contributed by atoms with Gasteiger partial charge in [-0.1, -0.05) is 6.07 Å². The highest BCUT2D eigenvalue weighted by Crippen LogP contribution is 2.27. The predicted molar refractivity (Wildman–Crippen MR) is 63.7 cm³/mol. The third-order valence-corrected chi connectivity index (χ3v) is 2.90. The van der Waals surface area contributed by atoms with Crippen LogP contribution in [0, 0.1) is 0 Å². The Hall–Kier alpha value is -2.23. The van der Waals surface area contributed by atoms with E-state index in [0.717, 1.165) is 16.6 Å². The molecule has 3 rings (SSSR count). The average Bonchev–Trinajstić information content (AvgIpc) is 2.68. The number of nitrogens with zero attached hydrogens (tertiary/aromatic N) is 2. The Morgan fingerprint density at radius 1 is 1.12 bits per heavy atom. The van der Waals surface area contributed by atoms with Crippen LogP contribution in [-0.4, -0.2) is 23.2 Å². The Morgan fingerprint density at radius 3 is 2.76 bits per heavy atom. The molecule has 0 atom stereocenters. The summed E-state index contributed by atoms with van der Waals surface area (Å²) in [4.78, 5) is 28.8. The molecular formula is C13H10N2O2. The summed E-state index contributed by atoms with van der Waals surface area (Å²) in [6, 6.07) is 9.32. The number of benzene rings is 1. The quantitative estimate of drug-likeness (QED) is 0.693. The van der Waals surface area contributed by atoms with Crippen molar-refractivity contribution in [2.45, 2.75) is 6.42 Å². The number of fused-ring (bicyclic) bond motifs is 1. The molecule has 1 saturated heterocycles. The van der Waals surface area contributed by atoms with Gasteiger partial charge in [-0.15, -0.1) is 0 Å². The Labute approximate surface area is 97.9 Å². The lowest BCUT2D eigenvalue weighted by atomic mass is 10.1. The van der Waals surface area contributed by atoms with Crippen molar-refractivity contribution in [1.82, 2.24) is 4.98 Å². The number of pyridine rings is 1. The zero-order valence-corrected chi connectivity index (χ0v) is 9.09. The van der Waals surface area contributed by atoms with Crippen LogP contribution in [0.5, 0.6) is 0 Å². The highest BCUT2D eigenvalue weighted by atomic mass is 16.2. The number of carbonyl (C=O) groups excluding carboxylic acids is 2.